The molecular weight excluding hydrogens is 354 g/mol. The number of hydrogen-bond donors (Lipinski definition) is 1. The van der Waals surface area contributed by atoms with Gasteiger partial charge in [-0.2, -0.15) is 0 Å². The first-order valence-corrected chi connectivity index (χ1v) is 9.54. The molecule has 1 saturated heterocycles. The second-order valence-corrected chi connectivity index (χ2v) is 6.96. The smallest absolute Gasteiger partial charge is 0.241 e. The highest BCUT2D eigenvalue weighted by Gasteiger charge is 2.27. The SMILES string of the molecule is COc1ccccc1N1CCN([C@@H](C)C(=O)Nc2ccccc2C(C)=O)CC1. The number of amides is 1. The minimum atomic E-state index is -0.278. The normalized spacial score (nSPS) is 15.8. The molecule has 1 fully saturated rings. The Morgan fingerprint density at radius 2 is 1.64 bits per heavy atom. The number of ether oxygens (including phenoxy) is 1. The van der Waals surface area contributed by atoms with E-state index in [0.29, 0.717) is 11.3 Å². The number of Topliss-reactive ketones (excluding diaryl/α,β-unsaturated/α-hetero) is 1. The average Bonchev–Trinajstić information content (AvgIpc) is 2.73. The molecule has 1 atom stereocenters. The Morgan fingerprint density at radius 3 is 2.32 bits per heavy atom. The summed E-state index contributed by atoms with van der Waals surface area (Å²) in [4.78, 5) is 29.0. The summed E-state index contributed by atoms with van der Waals surface area (Å²) in [5.41, 5.74) is 2.18. The predicted octanol–water partition coefficient (Wildman–Crippen LogP) is 3.05. The first-order chi connectivity index (χ1) is 13.5. The van der Waals surface area contributed by atoms with Crippen molar-refractivity contribution in [3.8, 4) is 5.75 Å². The van der Waals surface area contributed by atoms with E-state index in [-0.39, 0.29) is 17.7 Å². The number of nitrogens with zero attached hydrogens (tertiary/aromatic N) is 2. The van der Waals surface area contributed by atoms with Gasteiger partial charge in [-0.05, 0) is 38.1 Å². The van der Waals surface area contributed by atoms with Crippen LogP contribution in [0.5, 0.6) is 5.75 Å². The Balaban J connectivity index is 1.61. The molecule has 1 aliphatic heterocycles. The fourth-order valence-corrected chi connectivity index (χ4v) is 3.54. The number of nitrogens with one attached hydrogen (secondary N) is 1. The van der Waals surface area contributed by atoms with Crippen LogP contribution in [0.25, 0.3) is 0 Å². The lowest BCUT2D eigenvalue weighted by molar-refractivity contribution is -0.120. The first kappa shape index (κ1) is 19.9. The Hall–Kier alpha value is -2.86. The summed E-state index contributed by atoms with van der Waals surface area (Å²) in [5, 5.41) is 2.92. The molecule has 6 nitrogen and oxygen atoms in total. The summed E-state index contributed by atoms with van der Waals surface area (Å²) in [6, 6.07) is 14.8. The van der Waals surface area contributed by atoms with Crippen LogP contribution in [0, 0.1) is 0 Å². The molecule has 1 amide bonds. The standard InChI is InChI=1S/C22H27N3O3/c1-16(22(27)23-19-9-5-4-8-18(19)17(2)26)24-12-14-25(15-13-24)20-10-6-7-11-21(20)28-3/h4-11,16H,12-15H2,1-3H3,(H,23,27)/t16-/m0/s1. The molecule has 1 heterocycles. The summed E-state index contributed by atoms with van der Waals surface area (Å²) >= 11 is 0. The number of piperazine rings is 1. The quantitative estimate of drug-likeness (QED) is 0.780. The van der Waals surface area contributed by atoms with Gasteiger partial charge in [0.15, 0.2) is 5.78 Å². The molecule has 28 heavy (non-hydrogen) atoms. The molecule has 1 N–H and O–H groups in total. The zero-order valence-electron chi connectivity index (χ0n) is 16.6. The molecule has 0 bridgehead atoms. The van der Waals surface area contributed by atoms with Crippen LogP contribution in [0.1, 0.15) is 24.2 Å². The first-order valence-electron chi connectivity index (χ1n) is 9.54. The topological polar surface area (TPSA) is 61.9 Å². The maximum atomic E-state index is 12.7. The number of para-hydroxylation sites is 3. The second kappa shape index (κ2) is 8.89. The summed E-state index contributed by atoms with van der Waals surface area (Å²) in [6.45, 7) is 6.61. The Kier molecular flexibility index (Phi) is 6.31. The number of ketones is 1. The van der Waals surface area contributed by atoms with Crippen LogP contribution in [-0.4, -0.2) is 55.9 Å². The van der Waals surface area contributed by atoms with Crippen molar-refractivity contribution in [2.24, 2.45) is 0 Å². The number of hydrogen-bond acceptors (Lipinski definition) is 5. The van der Waals surface area contributed by atoms with E-state index in [1.54, 1.807) is 25.3 Å². The minimum Gasteiger partial charge on any atom is -0.495 e. The van der Waals surface area contributed by atoms with E-state index in [1.807, 2.05) is 31.2 Å². The van der Waals surface area contributed by atoms with E-state index in [0.717, 1.165) is 37.6 Å². The Morgan fingerprint density at radius 1 is 1.00 bits per heavy atom. The highest BCUT2D eigenvalue weighted by atomic mass is 16.5. The van der Waals surface area contributed by atoms with Gasteiger partial charge in [-0.3, -0.25) is 14.5 Å². The van der Waals surface area contributed by atoms with Crippen molar-refractivity contribution in [3.63, 3.8) is 0 Å². The van der Waals surface area contributed by atoms with Crippen LogP contribution in [0.15, 0.2) is 48.5 Å². The number of benzene rings is 2. The van der Waals surface area contributed by atoms with E-state index in [2.05, 4.69) is 21.2 Å². The zero-order chi connectivity index (χ0) is 20.1. The average molecular weight is 381 g/mol. The van der Waals surface area contributed by atoms with E-state index >= 15 is 0 Å². The van der Waals surface area contributed by atoms with Gasteiger partial charge in [0, 0.05) is 31.7 Å². The summed E-state index contributed by atoms with van der Waals surface area (Å²) < 4.78 is 5.46. The molecule has 148 valence electrons. The maximum Gasteiger partial charge on any atom is 0.241 e. The van der Waals surface area contributed by atoms with Crippen molar-refractivity contribution in [2.75, 3.05) is 43.5 Å². The van der Waals surface area contributed by atoms with Crippen molar-refractivity contribution in [1.29, 1.82) is 0 Å². The molecule has 2 aromatic carbocycles. The lowest BCUT2D eigenvalue weighted by Gasteiger charge is -2.38. The number of methoxy groups -OCH3 is 1. The molecule has 0 aliphatic carbocycles. The monoisotopic (exact) mass is 381 g/mol. The van der Waals surface area contributed by atoms with Crippen molar-refractivity contribution in [2.45, 2.75) is 19.9 Å². The van der Waals surface area contributed by atoms with Crippen LogP contribution in [-0.2, 0) is 4.79 Å². The summed E-state index contributed by atoms with van der Waals surface area (Å²) in [5.74, 6) is 0.705. The van der Waals surface area contributed by atoms with Gasteiger partial charge in [-0.25, -0.2) is 0 Å². The highest BCUT2D eigenvalue weighted by molar-refractivity contribution is 6.04. The number of carbonyl (C=O) groups is 2. The van der Waals surface area contributed by atoms with Crippen molar-refractivity contribution in [1.82, 2.24) is 4.90 Å². The fraction of sp³-hybridized carbons (Fsp3) is 0.364. The van der Waals surface area contributed by atoms with Gasteiger partial charge in [0.1, 0.15) is 5.75 Å². The van der Waals surface area contributed by atoms with Crippen LogP contribution < -0.4 is 15.0 Å². The molecule has 6 heteroatoms. The van der Waals surface area contributed by atoms with Gasteiger partial charge in [-0.15, -0.1) is 0 Å². The van der Waals surface area contributed by atoms with Gasteiger partial charge in [0.2, 0.25) is 5.91 Å². The minimum absolute atomic E-state index is 0.0611. The molecule has 0 radical (unpaired) electrons. The Labute approximate surface area is 166 Å². The highest BCUT2D eigenvalue weighted by Crippen LogP contribution is 2.28. The molecule has 3 rings (SSSR count). The van der Waals surface area contributed by atoms with Gasteiger partial charge >= 0.3 is 0 Å². The van der Waals surface area contributed by atoms with Crippen LogP contribution in [0.2, 0.25) is 0 Å². The van der Waals surface area contributed by atoms with Crippen LogP contribution in [0.4, 0.5) is 11.4 Å². The molecule has 2 aromatic rings. The van der Waals surface area contributed by atoms with Crippen molar-refractivity contribution < 1.29 is 14.3 Å². The van der Waals surface area contributed by atoms with Gasteiger partial charge in [-0.1, -0.05) is 24.3 Å². The zero-order valence-corrected chi connectivity index (χ0v) is 16.6. The number of rotatable bonds is 6. The van der Waals surface area contributed by atoms with E-state index in [4.69, 9.17) is 4.74 Å². The number of anilines is 2. The van der Waals surface area contributed by atoms with E-state index in [1.165, 1.54) is 6.92 Å². The van der Waals surface area contributed by atoms with E-state index in [9.17, 15) is 9.59 Å². The second-order valence-electron chi connectivity index (χ2n) is 6.96. The summed E-state index contributed by atoms with van der Waals surface area (Å²) in [6.07, 6.45) is 0. The molecular formula is C22H27N3O3. The van der Waals surface area contributed by atoms with E-state index < -0.39 is 0 Å². The van der Waals surface area contributed by atoms with Crippen molar-refractivity contribution >= 4 is 23.1 Å². The lowest BCUT2D eigenvalue weighted by Crippen LogP contribution is -2.53. The Bertz CT molecular complexity index is 844. The molecule has 0 aromatic heterocycles. The summed E-state index contributed by atoms with van der Waals surface area (Å²) in [7, 11) is 1.68. The molecule has 0 saturated carbocycles. The van der Waals surface area contributed by atoms with Crippen LogP contribution in [0.3, 0.4) is 0 Å². The number of carbonyl (C=O) groups excluding carboxylic acids is 2. The van der Waals surface area contributed by atoms with Gasteiger partial charge in [0.05, 0.1) is 24.5 Å². The molecule has 0 spiro atoms. The fourth-order valence-electron chi connectivity index (χ4n) is 3.54. The maximum absolute atomic E-state index is 12.7. The van der Waals surface area contributed by atoms with Crippen LogP contribution >= 0.6 is 0 Å². The molecule has 1 aliphatic rings. The lowest BCUT2D eigenvalue weighted by atomic mass is 10.1. The third-order valence-electron chi connectivity index (χ3n) is 5.23. The van der Waals surface area contributed by atoms with Crippen molar-refractivity contribution in [3.05, 3.63) is 54.1 Å². The third-order valence-corrected chi connectivity index (χ3v) is 5.23. The predicted molar refractivity (Wildman–Crippen MR) is 111 cm³/mol. The van der Waals surface area contributed by atoms with Gasteiger partial charge < -0.3 is 15.0 Å². The van der Waals surface area contributed by atoms with Gasteiger partial charge in [0.25, 0.3) is 0 Å². The molecule has 0 unspecified atom stereocenters. The largest absolute Gasteiger partial charge is 0.495 e. The third kappa shape index (κ3) is 4.34.